The predicted octanol–water partition coefficient (Wildman–Crippen LogP) is 6.02. The Labute approximate surface area is 226 Å². The minimum Gasteiger partial charge on any atom is -0.479 e. The molecule has 0 spiro atoms. The number of carboxylic acids is 1. The second-order valence-electron chi connectivity index (χ2n) is 8.85. The van der Waals surface area contributed by atoms with E-state index in [9.17, 15) is 27.9 Å². The van der Waals surface area contributed by atoms with Crippen molar-refractivity contribution in [1.82, 2.24) is 14.3 Å². The van der Waals surface area contributed by atoms with Crippen LogP contribution in [-0.4, -0.2) is 31.5 Å². The largest absolute Gasteiger partial charge is 0.479 e. The van der Waals surface area contributed by atoms with Gasteiger partial charge in [-0.1, -0.05) is 37.3 Å². The van der Waals surface area contributed by atoms with Gasteiger partial charge >= 0.3 is 17.8 Å². The van der Waals surface area contributed by atoms with Crippen LogP contribution in [0.5, 0.6) is 5.75 Å². The van der Waals surface area contributed by atoms with Gasteiger partial charge in [0.2, 0.25) is 0 Å². The van der Waals surface area contributed by atoms with Crippen LogP contribution in [0.1, 0.15) is 41.1 Å². The second-order valence-corrected chi connectivity index (χ2v) is 10.0. The molecule has 1 heterocycles. The van der Waals surface area contributed by atoms with Crippen LogP contribution < -0.4 is 10.4 Å². The molecule has 3 aromatic carbocycles. The standard InChI is InChI=1S/C28H26F3N3O4S/c1-4-22(26(35)36)38-23-15-14-21(16-17(23)2)39-24(18-8-6-5-7-9-18)25-32-34(27(37)33(25)3)20-12-10-19(11-13-20)28(29,30)31/h5-16,22,24H,4H2,1-3H3,(H,35,36). The number of hydrogen-bond acceptors (Lipinski definition) is 5. The van der Waals surface area contributed by atoms with E-state index in [2.05, 4.69) is 5.10 Å². The summed E-state index contributed by atoms with van der Waals surface area (Å²) in [5.41, 5.74) is 0.517. The fraction of sp³-hybridized carbons (Fsp3) is 0.250. The molecular weight excluding hydrogens is 531 g/mol. The highest BCUT2D eigenvalue weighted by Gasteiger charge is 2.30. The van der Waals surface area contributed by atoms with E-state index < -0.39 is 34.8 Å². The quantitative estimate of drug-likeness (QED) is 0.253. The van der Waals surface area contributed by atoms with Crippen LogP contribution >= 0.6 is 11.8 Å². The van der Waals surface area contributed by atoms with Crippen molar-refractivity contribution in [2.24, 2.45) is 7.05 Å². The smallest absolute Gasteiger partial charge is 0.416 e. The summed E-state index contributed by atoms with van der Waals surface area (Å²) < 4.78 is 47.2. The SMILES string of the molecule is CCC(Oc1ccc(SC(c2ccccc2)c2nn(-c3ccc(C(F)(F)F)cc3)c(=O)n2C)cc1C)C(=O)O. The Morgan fingerprint density at radius 1 is 1.08 bits per heavy atom. The zero-order valence-corrected chi connectivity index (χ0v) is 22.2. The number of aromatic nitrogens is 3. The summed E-state index contributed by atoms with van der Waals surface area (Å²) >= 11 is 1.43. The molecule has 39 heavy (non-hydrogen) atoms. The number of nitrogens with zero attached hydrogens (tertiary/aromatic N) is 3. The third-order valence-corrected chi connectivity index (χ3v) is 7.35. The number of carbonyl (C=O) groups is 1. The van der Waals surface area contributed by atoms with E-state index in [-0.39, 0.29) is 5.69 Å². The average Bonchev–Trinajstić information content (AvgIpc) is 3.20. The highest BCUT2D eigenvalue weighted by molar-refractivity contribution is 7.99. The first-order valence-electron chi connectivity index (χ1n) is 12.0. The van der Waals surface area contributed by atoms with Gasteiger partial charge < -0.3 is 9.84 Å². The van der Waals surface area contributed by atoms with Gasteiger partial charge in [0, 0.05) is 11.9 Å². The lowest BCUT2D eigenvalue weighted by Gasteiger charge is -2.18. The molecule has 1 aromatic heterocycles. The maximum absolute atomic E-state index is 13.1. The first-order valence-corrected chi connectivity index (χ1v) is 12.9. The van der Waals surface area contributed by atoms with Gasteiger partial charge in [-0.15, -0.1) is 16.9 Å². The molecule has 7 nitrogen and oxygen atoms in total. The van der Waals surface area contributed by atoms with Crippen LogP contribution in [0.4, 0.5) is 13.2 Å². The summed E-state index contributed by atoms with van der Waals surface area (Å²) in [6, 6.07) is 19.1. The zero-order chi connectivity index (χ0) is 28.3. The third kappa shape index (κ3) is 6.19. The molecule has 204 valence electrons. The van der Waals surface area contributed by atoms with E-state index in [0.29, 0.717) is 18.0 Å². The topological polar surface area (TPSA) is 86.4 Å². The Morgan fingerprint density at radius 2 is 1.74 bits per heavy atom. The number of ether oxygens (including phenoxy) is 1. The monoisotopic (exact) mass is 557 g/mol. The highest BCUT2D eigenvalue weighted by Crippen LogP contribution is 2.40. The number of halogens is 3. The molecule has 0 aliphatic carbocycles. The minimum atomic E-state index is -4.49. The van der Waals surface area contributed by atoms with Gasteiger partial charge in [0.15, 0.2) is 11.9 Å². The lowest BCUT2D eigenvalue weighted by atomic mass is 10.1. The molecule has 11 heteroatoms. The number of thioether (sulfide) groups is 1. The first-order chi connectivity index (χ1) is 18.5. The van der Waals surface area contributed by atoms with E-state index in [1.807, 2.05) is 49.4 Å². The first kappa shape index (κ1) is 28.0. The van der Waals surface area contributed by atoms with Crippen molar-refractivity contribution in [2.45, 2.75) is 42.7 Å². The molecule has 0 bridgehead atoms. The van der Waals surface area contributed by atoms with Crippen molar-refractivity contribution >= 4 is 17.7 Å². The van der Waals surface area contributed by atoms with E-state index in [1.165, 1.54) is 28.5 Å². The Hall–Kier alpha value is -3.99. The Kier molecular flexibility index (Phi) is 8.19. The maximum atomic E-state index is 13.1. The molecule has 2 atom stereocenters. The van der Waals surface area contributed by atoms with Crippen LogP contribution in [0.25, 0.3) is 5.69 Å². The predicted molar refractivity (Wildman–Crippen MR) is 141 cm³/mol. The Bertz CT molecular complexity index is 1520. The molecular formula is C28H26F3N3O4S. The van der Waals surface area contributed by atoms with Gasteiger partial charge in [0.1, 0.15) is 5.75 Å². The van der Waals surface area contributed by atoms with Crippen LogP contribution in [0, 0.1) is 6.92 Å². The summed E-state index contributed by atoms with van der Waals surface area (Å²) in [7, 11) is 1.57. The molecule has 2 unspecified atom stereocenters. The zero-order valence-electron chi connectivity index (χ0n) is 21.3. The highest BCUT2D eigenvalue weighted by atomic mass is 32.2. The summed E-state index contributed by atoms with van der Waals surface area (Å²) in [6.45, 7) is 3.55. The number of hydrogen-bond donors (Lipinski definition) is 1. The summed E-state index contributed by atoms with van der Waals surface area (Å²) in [6.07, 6.45) is -5.13. The number of alkyl halides is 3. The summed E-state index contributed by atoms with van der Waals surface area (Å²) in [4.78, 5) is 25.3. The van der Waals surface area contributed by atoms with Crippen molar-refractivity contribution in [3.8, 4) is 11.4 Å². The van der Waals surface area contributed by atoms with E-state index in [0.717, 1.165) is 32.8 Å². The second kappa shape index (κ2) is 11.4. The van der Waals surface area contributed by atoms with Gasteiger partial charge in [-0.25, -0.2) is 9.59 Å². The summed E-state index contributed by atoms with van der Waals surface area (Å²) in [5, 5.41) is 13.4. The van der Waals surface area contributed by atoms with Crippen molar-refractivity contribution in [1.29, 1.82) is 0 Å². The van der Waals surface area contributed by atoms with Gasteiger partial charge in [0.25, 0.3) is 0 Å². The van der Waals surface area contributed by atoms with Crippen LogP contribution in [-0.2, 0) is 18.0 Å². The van der Waals surface area contributed by atoms with Gasteiger partial charge in [0.05, 0.1) is 16.5 Å². The van der Waals surface area contributed by atoms with E-state index in [4.69, 9.17) is 4.74 Å². The number of benzene rings is 3. The van der Waals surface area contributed by atoms with Gasteiger partial charge in [-0.2, -0.15) is 17.9 Å². The fourth-order valence-corrected chi connectivity index (χ4v) is 5.23. The minimum absolute atomic E-state index is 0.216. The van der Waals surface area contributed by atoms with E-state index in [1.54, 1.807) is 20.0 Å². The average molecular weight is 558 g/mol. The number of aliphatic carboxylic acids is 1. The molecule has 1 N–H and O–H groups in total. The molecule has 0 radical (unpaired) electrons. The molecule has 0 saturated heterocycles. The van der Waals surface area contributed by atoms with Crippen molar-refractivity contribution in [3.63, 3.8) is 0 Å². The van der Waals surface area contributed by atoms with Crippen LogP contribution in [0.15, 0.2) is 82.5 Å². The van der Waals surface area contributed by atoms with Crippen molar-refractivity contribution in [3.05, 3.63) is 106 Å². The lowest BCUT2D eigenvalue weighted by molar-refractivity contribution is -0.145. The van der Waals surface area contributed by atoms with Crippen LogP contribution in [0.2, 0.25) is 0 Å². The summed E-state index contributed by atoms with van der Waals surface area (Å²) in [5.74, 6) is -0.168. The number of carboxylic acid groups (broad SMARTS) is 1. The molecule has 0 saturated carbocycles. The van der Waals surface area contributed by atoms with Gasteiger partial charge in [-0.3, -0.25) is 4.57 Å². The Balaban J connectivity index is 1.70. The number of rotatable bonds is 9. The van der Waals surface area contributed by atoms with Gasteiger partial charge in [-0.05, 0) is 66.9 Å². The van der Waals surface area contributed by atoms with Crippen molar-refractivity contribution in [2.75, 3.05) is 0 Å². The molecule has 0 amide bonds. The molecule has 4 rings (SSSR count). The molecule has 0 aliphatic rings. The normalized spacial score (nSPS) is 13.2. The van der Waals surface area contributed by atoms with Crippen LogP contribution in [0.3, 0.4) is 0 Å². The molecule has 0 fully saturated rings. The molecule has 4 aromatic rings. The Morgan fingerprint density at radius 3 is 2.31 bits per heavy atom. The fourth-order valence-electron chi connectivity index (χ4n) is 3.96. The van der Waals surface area contributed by atoms with Crippen molar-refractivity contribution < 1.29 is 27.8 Å². The van der Waals surface area contributed by atoms with E-state index >= 15 is 0 Å². The number of aryl methyl sites for hydroxylation is 1. The molecule has 0 aliphatic heterocycles. The third-order valence-electron chi connectivity index (χ3n) is 6.11. The maximum Gasteiger partial charge on any atom is 0.416 e. The lowest BCUT2D eigenvalue weighted by Crippen LogP contribution is -2.26.